The Morgan fingerprint density at radius 3 is 2.79 bits per heavy atom. The van der Waals surface area contributed by atoms with Crippen LogP contribution in [0.1, 0.15) is 26.7 Å². The average Bonchev–Trinajstić information content (AvgIpc) is 2.75. The van der Waals surface area contributed by atoms with Crippen molar-refractivity contribution in [1.82, 2.24) is 10.2 Å². The first-order chi connectivity index (χ1) is 6.75. The molecule has 2 heteroatoms. The van der Waals surface area contributed by atoms with Crippen LogP contribution in [0.5, 0.6) is 0 Å². The molecular formula is C12H24N2. The molecule has 2 rings (SSSR count). The summed E-state index contributed by atoms with van der Waals surface area (Å²) >= 11 is 0. The van der Waals surface area contributed by atoms with Crippen molar-refractivity contribution >= 4 is 0 Å². The van der Waals surface area contributed by atoms with Gasteiger partial charge in [0, 0.05) is 13.1 Å². The fraction of sp³-hybridized carbons (Fsp3) is 1.00. The van der Waals surface area contributed by atoms with Crippen molar-refractivity contribution < 1.29 is 0 Å². The summed E-state index contributed by atoms with van der Waals surface area (Å²) in [6.07, 6.45) is 2.82. The fourth-order valence-corrected chi connectivity index (χ4v) is 2.81. The zero-order valence-corrected chi connectivity index (χ0v) is 9.63. The maximum Gasteiger partial charge on any atom is 0.00224 e. The first-order valence-electron chi connectivity index (χ1n) is 6.19. The van der Waals surface area contributed by atoms with E-state index in [1.165, 1.54) is 45.6 Å². The second kappa shape index (κ2) is 4.63. The Morgan fingerprint density at radius 1 is 1.36 bits per heavy atom. The van der Waals surface area contributed by atoms with E-state index in [-0.39, 0.29) is 0 Å². The minimum absolute atomic E-state index is 0.877. The smallest absolute Gasteiger partial charge is 0.00224 e. The number of rotatable bonds is 3. The Hall–Kier alpha value is -0.0800. The molecule has 0 aromatic heterocycles. The van der Waals surface area contributed by atoms with E-state index in [4.69, 9.17) is 0 Å². The summed E-state index contributed by atoms with van der Waals surface area (Å²) in [7, 11) is 0. The zero-order valence-electron chi connectivity index (χ0n) is 9.63. The number of nitrogens with zero attached hydrogens (tertiary/aromatic N) is 1. The lowest BCUT2D eigenvalue weighted by molar-refractivity contribution is 0.265. The van der Waals surface area contributed by atoms with Crippen LogP contribution in [0.15, 0.2) is 0 Å². The van der Waals surface area contributed by atoms with Crippen molar-refractivity contribution in [2.45, 2.75) is 26.7 Å². The van der Waals surface area contributed by atoms with Gasteiger partial charge in [0.15, 0.2) is 0 Å². The number of hydrogen-bond donors (Lipinski definition) is 1. The van der Waals surface area contributed by atoms with E-state index in [9.17, 15) is 0 Å². The molecule has 82 valence electrons. The highest BCUT2D eigenvalue weighted by Crippen LogP contribution is 2.24. The number of nitrogens with one attached hydrogen (secondary N) is 1. The van der Waals surface area contributed by atoms with Crippen LogP contribution in [-0.2, 0) is 0 Å². The van der Waals surface area contributed by atoms with Gasteiger partial charge in [-0.15, -0.1) is 0 Å². The lowest BCUT2D eigenvalue weighted by atomic mass is 9.95. The zero-order chi connectivity index (χ0) is 9.97. The molecule has 0 aromatic rings. The largest absolute Gasteiger partial charge is 0.316 e. The molecule has 2 unspecified atom stereocenters. The highest BCUT2D eigenvalue weighted by atomic mass is 15.2. The molecule has 0 saturated carbocycles. The summed E-state index contributed by atoms with van der Waals surface area (Å²) in [5.74, 6) is 2.77. The molecule has 0 amide bonds. The van der Waals surface area contributed by atoms with E-state index in [0.29, 0.717) is 0 Å². The summed E-state index contributed by atoms with van der Waals surface area (Å²) in [5.41, 5.74) is 0. The molecule has 2 fully saturated rings. The molecule has 0 radical (unpaired) electrons. The molecule has 2 heterocycles. The van der Waals surface area contributed by atoms with Gasteiger partial charge in [0.1, 0.15) is 0 Å². The van der Waals surface area contributed by atoms with E-state index in [1.807, 2.05) is 0 Å². The Kier molecular flexibility index (Phi) is 3.45. The van der Waals surface area contributed by atoms with Gasteiger partial charge in [-0.2, -0.15) is 0 Å². The first kappa shape index (κ1) is 10.4. The van der Waals surface area contributed by atoms with E-state index in [0.717, 1.165) is 17.8 Å². The van der Waals surface area contributed by atoms with Gasteiger partial charge >= 0.3 is 0 Å². The van der Waals surface area contributed by atoms with Gasteiger partial charge in [-0.3, -0.25) is 0 Å². The topological polar surface area (TPSA) is 15.3 Å². The third kappa shape index (κ3) is 2.48. The SMILES string of the molecule is CC(C)C1CCN(CC2CCNC2)C1. The molecule has 0 spiro atoms. The maximum atomic E-state index is 3.45. The van der Waals surface area contributed by atoms with Crippen LogP contribution in [0.2, 0.25) is 0 Å². The summed E-state index contributed by atoms with van der Waals surface area (Å²) in [5, 5.41) is 3.45. The van der Waals surface area contributed by atoms with Gasteiger partial charge < -0.3 is 10.2 Å². The summed E-state index contributed by atoms with van der Waals surface area (Å²) < 4.78 is 0. The van der Waals surface area contributed by atoms with E-state index < -0.39 is 0 Å². The minimum atomic E-state index is 0.877. The van der Waals surface area contributed by atoms with Crippen molar-refractivity contribution in [2.75, 3.05) is 32.7 Å². The van der Waals surface area contributed by atoms with Crippen molar-refractivity contribution in [1.29, 1.82) is 0 Å². The Labute approximate surface area is 88.1 Å². The minimum Gasteiger partial charge on any atom is -0.316 e. The second-order valence-corrected chi connectivity index (χ2v) is 5.41. The molecule has 2 atom stereocenters. The summed E-state index contributed by atoms with van der Waals surface area (Å²) in [6.45, 7) is 11.3. The Bertz CT molecular complexity index is 173. The highest BCUT2D eigenvalue weighted by Gasteiger charge is 2.27. The van der Waals surface area contributed by atoms with Gasteiger partial charge in [0.2, 0.25) is 0 Å². The monoisotopic (exact) mass is 196 g/mol. The van der Waals surface area contributed by atoms with Gasteiger partial charge in [-0.05, 0) is 50.2 Å². The van der Waals surface area contributed by atoms with Crippen molar-refractivity contribution in [3.8, 4) is 0 Å². The molecule has 0 aromatic carbocycles. The number of hydrogen-bond acceptors (Lipinski definition) is 2. The van der Waals surface area contributed by atoms with Crippen LogP contribution in [0.25, 0.3) is 0 Å². The van der Waals surface area contributed by atoms with Crippen LogP contribution in [-0.4, -0.2) is 37.6 Å². The van der Waals surface area contributed by atoms with Crippen LogP contribution in [0, 0.1) is 17.8 Å². The summed E-state index contributed by atoms with van der Waals surface area (Å²) in [6, 6.07) is 0. The highest BCUT2D eigenvalue weighted by molar-refractivity contribution is 4.81. The predicted molar refractivity (Wildman–Crippen MR) is 60.4 cm³/mol. The molecule has 2 aliphatic rings. The second-order valence-electron chi connectivity index (χ2n) is 5.41. The molecule has 1 N–H and O–H groups in total. The lowest BCUT2D eigenvalue weighted by Gasteiger charge is -2.20. The third-order valence-corrected chi connectivity index (χ3v) is 3.93. The van der Waals surface area contributed by atoms with Crippen LogP contribution >= 0.6 is 0 Å². The maximum absolute atomic E-state index is 3.45. The van der Waals surface area contributed by atoms with Crippen molar-refractivity contribution in [2.24, 2.45) is 17.8 Å². The first-order valence-corrected chi connectivity index (χ1v) is 6.19. The standard InChI is InChI=1S/C12H24N2/c1-10(2)12-4-6-14(9-12)8-11-3-5-13-7-11/h10-13H,3-9H2,1-2H3. The molecule has 2 aliphatic heterocycles. The average molecular weight is 196 g/mol. The van der Waals surface area contributed by atoms with Gasteiger partial charge in [0.05, 0.1) is 0 Å². The van der Waals surface area contributed by atoms with Gasteiger partial charge in [-0.1, -0.05) is 13.8 Å². The molecule has 0 bridgehead atoms. The van der Waals surface area contributed by atoms with Crippen molar-refractivity contribution in [3.63, 3.8) is 0 Å². The molecule has 2 nitrogen and oxygen atoms in total. The third-order valence-electron chi connectivity index (χ3n) is 3.93. The molecule has 0 aliphatic carbocycles. The van der Waals surface area contributed by atoms with Gasteiger partial charge in [-0.25, -0.2) is 0 Å². The van der Waals surface area contributed by atoms with Crippen LogP contribution in [0.4, 0.5) is 0 Å². The van der Waals surface area contributed by atoms with Crippen molar-refractivity contribution in [3.05, 3.63) is 0 Å². The quantitative estimate of drug-likeness (QED) is 0.737. The van der Waals surface area contributed by atoms with E-state index in [1.54, 1.807) is 0 Å². The van der Waals surface area contributed by atoms with E-state index >= 15 is 0 Å². The Morgan fingerprint density at radius 2 is 2.21 bits per heavy atom. The molecule has 14 heavy (non-hydrogen) atoms. The van der Waals surface area contributed by atoms with Crippen LogP contribution in [0.3, 0.4) is 0 Å². The van der Waals surface area contributed by atoms with Gasteiger partial charge in [0.25, 0.3) is 0 Å². The van der Waals surface area contributed by atoms with Crippen LogP contribution < -0.4 is 5.32 Å². The Balaban J connectivity index is 1.72. The molecule has 2 saturated heterocycles. The summed E-state index contributed by atoms with van der Waals surface area (Å²) in [4.78, 5) is 2.68. The predicted octanol–water partition coefficient (Wildman–Crippen LogP) is 1.57. The molecular weight excluding hydrogens is 172 g/mol. The normalized spacial score (nSPS) is 34.5. The fourth-order valence-electron chi connectivity index (χ4n) is 2.81. The lowest BCUT2D eigenvalue weighted by Crippen LogP contribution is -2.29. The van der Waals surface area contributed by atoms with E-state index in [2.05, 4.69) is 24.1 Å². The number of likely N-dealkylation sites (tertiary alicyclic amines) is 1.